The second-order valence-corrected chi connectivity index (χ2v) is 8.00. The van der Waals surface area contributed by atoms with Gasteiger partial charge in [0.15, 0.2) is 0 Å². The van der Waals surface area contributed by atoms with Crippen molar-refractivity contribution in [1.82, 2.24) is 16.0 Å². The molecule has 8 N–H and O–H groups in total. The highest BCUT2D eigenvalue weighted by Gasteiger charge is 2.28. The molecular weight excluding hydrogens is 420 g/mol. The Morgan fingerprint density at radius 1 is 0.969 bits per heavy atom. The summed E-state index contributed by atoms with van der Waals surface area (Å²) in [7, 11) is 0. The SMILES string of the molecule is CC(C)CC(NC(=O)CNC(=O)C(N)C(C)O)C(=O)NC(Cc1ccc(O)cc1)C(=O)O. The summed E-state index contributed by atoms with van der Waals surface area (Å²) in [5.74, 6) is -3.27. The van der Waals surface area contributed by atoms with E-state index in [0.29, 0.717) is 5.56 Å². The Labute approximate surface area is 186 Å². The monoisotopic (exact) mass is 452 g/mol. The lowest BCUT2D eigenvalue weighted by molar-refractivity contribution is -0.142. The first-order valence-electron chi connectivity index (χ1n) is 10.2. The van der Waals surface area contributed by atoms with Crippen molar-refractivity contribution >= 4 is 23.7 Å². The number of aliphatic hydroxyl groups is 1. The van der Waals surface area contributed by atoms with Gasteiger partial charge < -0.3 is 37.0 Å². The highest BCUT2D eigenvalue weighted by molar-refractivity contribution is 5.92. The molecule has 4 unspecified atom stereocenters. The van der Waals surface area contributed by atoms with Crippen molar-refractivity contribution in [2.75, 3.05) is 6.54 Å². The molecule has 0 aromatic heterocycles. The van der Waals surface area contributed by atoms with E-state index in [9.17, 15) is 34.5 Å². The van der Waals surface area contributed by atoms with Gasteiger partial charge in [-0.05, 0) is 37.0 Å². The normalized spacial score (nSPS) is 14.7. The molecule has 3 amide bonds. The number of aliphatic hydroxyl groups excluding tert-OH is 1. The van der Waals surface area contributed by atoms with Crippen molar-refractivity contribution in [3.05, 3.63) is 29.8 Å². The van der Waals surface area contributed by atoms with Gasteiger partial charge in [0.1, 0.15) is 23.9 Å². The van der Waals surface area contributed by atoms with E-state index in [4.69, 9.17) is 5.73 Å². The number of benzene rings is 1. The van der Waals surface area contributed by atoms with Crippen molar-refractivity contribution < 1.29 is 34.5 Å². The van der Waals surface area contributed by atoms with E-state index in [0.717, 1.165) is 0 Å². The quantitative estimate of drug-likeness (QED) is 0.207. The van der Waals surface area contributed by atoms with Crippen LogP contribution < -0.4 is 21.7 Å². The van der Waals surface area contributed by atoms with Crippen LogP contribution in [0.4, 0.5) is 0 Å². The fraction of sp³-hybridized carbons (Fsp3) is 0.524. The molecule has 4 atom stereocenters. The molecule has 1 rings (SSSR count). The van der Waals surface area contributed by atoms with Crippen molar-refractivity contribution in [3.8, 4) is 5.75 Å². The van der Waals surface area contributed by atoms with E-state index >= 15 is 0 Å². The van der Waals surface area contributed by atoms with Crippen LogP contribution in [0.25, 0.3) is 0 Å². The maximum atomic E-state index is 12.7. The van der Waals surface area contributed by atoms with Crippen LogP contribution in [0, 0.1) is 5.92 Å². The minimum atomic E-state index is -1.25. The number of carbonyl (C=O) groups is 4. The number of hydrogen-bond donors (Lipinski definition) is 7. The lowest BCUT2D eigenvalue weighted by Crippen LogP contribution is -2.55. The molecule has 0 heterocycles. The van der Waals surface area contributed by atoms with Crippen molar-refractivity contribution in [3.63, 3.8) is 0 Å². The van der Waals surface area contributed by atoms with E-state index in [1.165, 1.54) is 19.1 Å². The Balaban J connectivity index is 2.78. The first kappa shape index (κ1) is 26.9. The number of nitrogens with two attached hydrogens (primary N) is 1. The van der Waals surface area contributed by atoms with Crippen molar-refractivity contribution in [2.45, 2.75) is 57.8 Å². The number of carboxylic acid groups (broad SMARTS) is 1. The van der Waals surface area contributed by atoms with Gasteiger partial charge in [0.2, 0.25) is 17.7 Å². The average molecular weight is 453 g/mol. The number of amides is 3. The molecule has 32 heavy (non-hydrogen) atoms. The number of phenols is 1. The molecule has 11 heteroatoms. The van der Waals surface area contributed by atoms with Gasteiger partial charge in [-0.2, -0.15) is 0 Å². The number of rotatable bonds is 12. The predicted molar refractivity (Wildman–Crippen MR) is 115 cm³/mol. The van der Waals surface area contributed by atoms with E-state index < -0.39 is 54.5 Å². The maximum Gasteiger partial charge on any atom is 0.326 e. The first-order chi connectivity index (χ1) is 14.9. The lowest BCUT2D eigenvalue weighted by atomic mass is 10.0. The Hall–Kier alpha value is -3.18. The Morgan fingerprint density at radius 3 is 2.06 bits per heavy atom. The molecule has 0 aliphatic heterocycles. The highest BCUT2D eigenvalue weighted by atomic mass is 16.4. The van der Waals surface area contributed by atoms with Crippen molar-refractivity contribution in [2.24, 2.45) is 11.7 Å². The smallest absolute Gasteiger partial charge is 0.326 e. The van der Waals surface area contributed by atoms with Crippen LogP contribution in [0.3, 0.4) is 0 Å². The number of nitrogens with one attached hydrogen (secondary N) is 3. The second kappa shape index (κ2) is 12.6. The van der Waals surface area contributed by atoms with Gasteiger partial charge in [-0.1, -0.05) is 26.0 Å². The Bertz CT molecular complexity index is 796. The zero-order valence-corrected chi connectivity index (χ0v) is 18.4. The van der Waals surface area contributed by atoms with E-state index in [1.807, 2.05) is 13.8 Å². The topological polar surface area (TPSA) is 191 Å². The van der Waals surface area contributed by atoms with Crippen LogP contribution in [0.1, 0.15) is 32.8 Å². The number of carbonyl (C=O) groups excluding carboxylic acids is 3. The molecule has 0 bridgehead atoms. The van der Waals surface area contributed by atoms with Crippen LogP contribution in [-0.2, 0) is 25.6 Å². The zero-order valence-electron chi connectivity index (χ0n) is 18.4. The van der Waals surface area contributed by atoms with Crippen LogP contribution in [0.2, 0.25) is 0 Å². The number of hydrogen-bond acceptors (Lipinski definition) is 7. The third-order valence-electron chi connectivity index (χ3n) is 4.60. The van der Waals surface area contributed by atoms with Gasteiger partial charge in [0.05, 0.1) is 12.6 Å². The summed E-state index contributed by atoms with van der Waals surface area (Å²) in [6, 6.07) is 2.45. The maximum absolute atomic E-state index is 12.7. The Morgan fingerprint density at radius 2 is 1.56 bits per heavy atom. The molecule has 1 aromatic carbocycles. The standard InChI is InChI=1S/C21H32N4O7/c1-11(2)8-15(24-17(28)10-23-20(30)18(22)12(3)26)19(29)25-16(21(31)32)9-13-4-6-14(27)7-5-13/h4-7,11-12,15-16,18,26-27H,8-10,22H2,1-3H3,(H,23,30)(H,24,28)(H,25,29)(H,31,32). The molecule has 0 radical (unpaired) electrons. The first-order valence-corrected chi connectivity index (χ1v) is 10.2. The summed E-state index contributed by atoms with van der Waals surface area (Å²) in [6.07, 6.45) is -0.875. The second-order valence-electron chi connectivity index (χ2n) is 8.00. The fourth-order valence-corrected chi connectivity index (χ4v) is 2.79. The lowest BCUT2D eigenvalue weighted by Gasteiger charge is -2.23. The van der Waals surface area contributed by atoms with Gasteiger partial charge in [-0.15, -0.1) is 0 Å². The molecule has 0 fully saturated rings. The fourth-order valence-electron chi connectivity index (χ4n) is 2.79. The number of carboxylic acids is 1. The van der Waals surface area contributed by atoms with Crippen LogP contribution >= 0.6 is 0 Å². The van der Waals surface area contributed by atoms with Gasteiger partial charge in [0, 0.05) is 6.42 Å². The highest BCUT2D eigenvalue weighted by Crippen LogP contribution is 2.12. The summed E-state index contributed by atoms with van der Waals surface area (Å²) in [5, 5.41) is 35.4. The van der Waals surface area contributed by atoms with Gasteiger partial charge >= 0.3 is 5.97 Å². The summed E-state index contributed by atoms with van der Waals surface area (Å²) in [4.78, 5) is 48.4. The molecule has 178 valence electrons. The molecule has 0 saturated heterocycles. The van der Waals surface area contributed by atoms with Crippen molar-refractivity contribution in [1.29, 1.82) is 0 Å². The van der Waals surface area contributed by atoms with E-state index in [1.54, 1.807) is 12.1 Å². The van der Waals surface area contributed by atoms with E-state index in [-0.39, 0.29) is 24.5 Å². The third-order valence-corrected chi connectivity index (χ3v) is 4.60. The minimum absolute atomic E-state index is 0.00433. The molecular formula is C21H32N4O7. The average Bonchev–Trinajstić information content (AvgIpc) is 2.71. The largest absolute Gasteiger partial charge is 0.508 e. The third kappa shape index (κ3) is 9.31. The number of aliphatic carboxylic acids is 1. The molecule has 1 aromatic rings. The summed E-state index contributed by atoms with van der Waals surface area (Å²) >= 11 is 0. The minimum Gasteiger partial charge on any atom is -0.508 e. The van der Waals surface area contributed by atoms with Gasteiger partial charge in [-0.3, -0.25) is 14.4 Å². The molecule has 0 spiro atoms. The molecule has 0 saturated carbocycles. The van der Waals surface area contributed by atoms with Crippen LogP contribution in [-0.4, -0.2) is 69.8 Å². The summed E-state index contributed by atoms with van der Waals surface area (Å²) in [6.45, 7) is 4.54. The van der Waals surface area contributed by atoms with E-state index in [2.05, 4.69) is 16.0 Å². The number of aromatic hydroxyl groups is 1. The Kier molecular flexibility index (Phi) is 10.6. The summed E-state index contributed by atoms with van der Waals surface area (Å²) < 4.78 is 0. The van der Waals surface area contributed by atoms with Crippen LogP contribution in [0.15, 0.2) is 24.3 Å². The zero-order chi connectivity index (χ0) is 24.4. The summed E-state index contributed by atoms with van der Waals surface area (Å²) in [5.41, 5.74) is 6.08. The molecule has 11 nitrogen and oxygen atoms in total. The molecule has 0 aliphatic rings. The van der Waals surface area contributed by atoms with Gasteiger partial charge in [0.25, 0.3) is 0 Å². The number of phenolic OH excluding ortho intramolecular Hbond substituents is 1. The van der Waals surface area contributed by atoms with Gasteiger partial charge in [-0.25, -0.2) is 4.79 Å². The molecule has 0 aliphatic carbocycles. The predicted octanol–water partition coefficient (Wildman–Crippen LogP) is -1.14. The van der Waals surface area contributed by atoms with Crippen LogP contribution in [0.5, 0.6) is 5.75 Å².